The summed E-state index contributed by atoms with van der Waals surface area (Å²) in [5.74, 6) is 0. The van der Waals surface area contributed by atoms with Gasteiger partial charge in [0.1, 0.15) is 0 Å². The normalized spacial score (nSPS) is 11.3. The third-order valence-electron chi connectivity index (χ3n) is 7.96. The maximum atomic E-state index is 2.40. The van der Waals surface area contributed by atoms with Crippen molar-refractivity contribution in [1.29, 1.82) is 0 Å². The number of anilines is 6. The van der Waals surface area contributed by atoms with Crippen LogP contribution in [-0.4, -0.2) is 0 Å². The third-order valence-corrected chi connectivity index (χ3v) is 9.06. The predicted molar refractivity (Wildman–Crippen MR) is 186 cm³/mol. The quantitative estimate of drug-likeness (QED) is 0.197. The molecule has 1 aromatic heterocycles. The van der Waals surface area contributed by atoms with Gasteiger partial charge in [0.2, 0.25) is 0 Å². The van der Waals surface area contributed by atoms with E-state index in [1.807, 2.05) is 11.3 Å². The van der Waals surface area contributed by atoms with Crippen LogP contribution in [0.1, 0.15) is 0 Å². The molecule has 8 aromatic rings. The Kier molecular flexibility index (Phi) is 6.36. The monoisotopic (exact) mass is 568 g/mol. The number of nitrogens with zero attached hydrogens (tertiary/aromatic N) is 2. The molecule has 0 aliphatic rings. The van der Waals surface area contributed by atoms with Crippen molar-refractivity contribution in [3.05, 3.63) is 170 Å². The lowest BCUT2D eigenvalue weighted by molar-refractivity contribution is 1.26. The van der Waals surface area contributed by atoms with Crippen LogP contribution in [0.15, 0.2) is 170 Å². The van der Waals surface area contributed by atoms with Crippen molar-refractivity contribution >= 4 is 76.4 Å². The summed E-state index contributed by atoms with van der Waals surface area (Å²) in [7, 11) is 0. The van der Waals surface area contributed by atoms with Crippen molar-refractivity contribution in [2.45, 2.75) is 0 Å². The standard InChI is InChI=1S/C40H28N2S/c1-5-17-31(18-6-1)41(32-19-7-2-8-20-32)35-27-37(42(33-21-9-3-10-22-33)34-23-11-4-12-24-34)40-36-25-29-15-13-14-16-30(29)26-38(36)43-39(40)28-35/h1-28H. The van der Waals surface area contributed by atoms with Gasteiger partial charge in [-0.1, -0.05) is 97.1 Å². The lowest BCUT2D eigenvalue weighted by Gasteiger charge is -2.30. The first-order valence-corrected chi connectivity index (χ1v) is 15.3. The SMILES string of the molecule is c1ccc(N(c2ccccc2)c2cc(N(c3ccccc3)c3ccccc3)c3c(c2)sc2cc4ccccc4cc23)cc1. The van der Waals surface area contributed by atoms with Gasteiger partial charge in [-0.3, -0.25) is 0 Å². The fraction of sp³-hybridized carbons (Fsp3) is 0. The number of hydrogen-bond donors (Lipinski definition) is 0. The second-order valence-corrected chi connectivity index (χ2v) is 11.7. The van der Waals surface area contributed by atoms with Crippen molar-refractivity contribution in [2.75, 3.05) is 9.80 Å². The molecule has 0 radical (unpaired) electrons. The van der Waals surface area contributed by atoms with Crippen LogP contribution in [0.25, 0.3) is 30.9 Å². The molecule has 43 heavy (non-hydrogen) atoms. The second-order valence-electron chi connectivity index (χ2n) is 10.6. The van der Waals surface area contributed by atoms with Crippen molar-refractivity contribution in [3.63, 3.8) is 0 Å². The maximum absolute atomic E-state index is 2.40. The van der Waals surface area contributed by atoms with Crippen LogP contribution in [0, 0.1) is 0 Å². The van der Waals surface area contributed by atoms with Gasteiger partial charge in [0, 0.05) is 48.6 Å². The molecule has 0 aliphatic heterocycles. The topological polar surface area (TPSA) is 6.48 Å². The summed E-state index contributed by atoms with van der Waals surface area (Å²) < 4.78 is 2.55. The first-order chi connectivity index (χ1) is 21.3. The van der Waals surface area contributed by atoms with E-state index in [0.717, 1.165) is 34.1 Å². The molecule has 2 nitrogen and oxygen atoms in total. The zero-order chi connectivity index (χ0) is 28.6. The average molecular weight is 569 g/mol. The van der Waals surface area contributed by atoms with Crippen molar-refractivity contribution in [3.8, 4) is 0 Å². The molecule has 0 saturated heterocycles. The van der Waals surface area contributed by atoms with Crippen LogP contribution < -0.4 is 9.80 Å². The molecule has 0 aliphatic carbocycles. The van der Waals surface area contributed by atoms with Gasteiger partial charge in [0.25, 0.3) is 0 Å². The molecular weight excluding hydrogens is 541 g/mol. The molecule has 0 spiro atoms. The second kappa shape index (κ2) is 10.8. The maximum Gasteiger partial charge on any atom is 0.0575 e. The molecule has 0 atom stereocenters. The Bertz CT molecular complexity index is 2090. The van der Waals surface area contributed by atoms with Crippen LogP contribution in [-0.2, 0) is 0 Å². The highest BCUT2D eigenvalue weighted by Gasteiger charge is 2.22. The average Bonchev–Trinajstić information content (AvgIpc) is 3.43. The van der Waals surface area contributed by atoms with E-state index in [2.05, 4.69) is 180 Å². The summed E-state index contributed by atoms with van der Waals surface area (Å²) in [6.07, 6.45) is 0. The summed E-state index contributed by atoms with van der Waals surface area (Å²) in [6.45, 7) is 0. The minimum absolute atomic E-state index is 1.12. The highest BCUT2D eigenvalue weighted by atomic mass is 32.1. The van der Waals surface area contributed by atoms with Crippen LogP contribution in [0.2, 0.25) is 0 Å². The Hall–Kier alpha value is -5.38. The van der Waals surface area contributed by atoms with Crippen molar-refractivity contribution in [2.24, 2.45) is 0 Å². The van der Waals surface area contributed by atoms with E-state index in [9.17, 15) is 0 Å². The predicted octanol–water partition coefficient (Wildman–Crippen LogP) is 12.1. The van der Waals surface area contributed by atoms with Gasteiger partial charge in [-0.2, -0.15) is 0 Å². The van der Waals surface area contributed by atoms with Gasteiger partial charge in [-0.15, -0.1) is 11.3 Å². The van der Waals surface area contributed by atoms with E-state index in [4.69, 9.17) is 0 Å². The van der Waals surface area contributed by atoms with Crippen LogP contribution in [0.5, 0.6) is 0 Å². The minimum atomic E-state index is 1.12. The Labute approximate surface area is 255 Å². The van der Waals surface area contributed by atoms with Crippen molar-refractivity contribution in [1.82, 2.24) is 0 Å². The van der Waals surface area contributed by atoms with Crippen molar-refractivity contribution < 1.29 is 0 Å². The number of para-hydroxylation sites is 4. The third kappa shape index (κ3) is 4.61. The van der Waals surface area contributed by atoms with E-state index in [-0.39, 0.29) is 0 Å². The lowest BCUT2D eigenvalue weighted by Crippen LogP contribution is -2.13. The van der Waals surface area contributed by atoms with E-state index in [1.165, 1.54) is 30.9 Å². The summed E-state index contributed by atoms with van der Waals surface area (Å²) in [4.78, 5) is 4.76. The molecule has 3 heteroatoms. The minimum Gasteiger partial charge on any atom is -0.310 e. The molecule has 0 N–H and O–H groups in total. The van der Waals surface area contributed by atoms with Crippen LogP contribution in [0.4, 0.5) is 34.1 Å². The van der Waals surface area contributed by atoms with Gasteiger partial charge in [0.15, 0.2) is 0 Å². The molecule has 0 amide bonds. The molecule has 204 valence electrons. The highest BCUT2D eigenvalue weighted by molar-refractivity contribution is 7.26. The smallest absolute Gasteiger partial charge is 0.0575 e. The first kappa shape index (κ1) is 25.3. The molecule has 0 fully saturated rings. The zero-order valence-corrected chi connectivity index (χ0v) is 24.3. The molecule has 0 saturated carbocycles. The van der Waals surface area contributed by atoms with E-state index in [1.54, 1.807) is 0 Å². The summed E-state index contributed by atoms with van der Waals surface area (Å²) in [6, 6.07) is 60.8. The molecule has 1 heterocycles. The lowest BCUT2D eigenvalue weighted by atomic mass is 10.0. The Morgan fingerprint density at radius 2 is 0.791 bits per heavy atom. The fourth-order valence-electron chi connectivity index (χ4n) is 6.04. The van der Waals surface area contributed by atoms with Gasteiger partial charge < -0.3 is 9.80 Å². The number of benzene rings is 7. The number of thiophene rings is 1. The summed E-state index contributed by atoms with van der Waals surface area (Å²) in [5.41, 5.74) is 6.77. The molecular formula is C40H28N2S. The number of hydrogen-bond acceptors (Lipinski definition) is 3. The summed E-state index contributed by atoms with van der Waals surface area (Å²) in [5, 5.41) is 5.07. The first-order valence-electron chi connectivity index (χ1n) is 14.5. The van der Waals surface area contributed by atoms with Gasteiger partial charge in [0.05, 0.1) is 5.69 Å². The van der Waals surface area contributed by atoms with E-state index >= 15 is 0 Å². The van der Waals surface area contributed by atoms with E-state index in [0.29, 0.717) is 0 Å². The number of fused-ring (bicyclic) bond motifs is 4. The van der Waals surface area contributed by atoms with E-state index < -0.39 is 0 Å². The Morgan fingerprint density at radius 3 is 1.30 bits per heavy atom. The fourth-order valence-corrected chi connectivity index (χ4v) is 7.23. The van der Waals surface area contributed by atoms with Crippen LogP contribution in [0.3, 0.4) is 0 Å². The molecule has 0 bridgehead atoms. The van der Waals surface area contributed by atoms with Crippen LogP contribution >= 0.6 is 11.3 Å². The van der Waals surface area contributed by atoms with Gasteiger partial charge >= 0.3 is 0 Å². The Balaban J connectivity index is 1.49. The largest absolute Gasteiger partial charge is 0.310 e. The number of rotatable bonds is 6. The van der Waals surface area contributed by atoms with Gasteiger partial charge in [-0.05, 0) is 83.6 Å². The highest BCUT2D eigenvalue weighted by Crippen LogP contribution is 2.49. The molecule has 8 rings (SSSR count). The summed E-state index contributed by atoms with van der Waals surface area (Å²) >= 11 is 1.87. The zero-order valence-electron chi connectivity index (χ0n) is 23.5. The Morgan fingerprint density at radius 1 is 0.349 bits per heavy atom. The molecule has 0 unspecified atom stereocenters. The molecule has 7 aromatic carbocycles. The van der Waals surface area contributed by atoms with Gasteiger partial charge in [-0.25, -0.2) is 0 Å².